The molecule has 2 nitrogen and oxygen atoms in total. The fraction of sp³-hybridized carbons (Fsp3) is 0.636. The Hall–Kier alpha value is -0.970. The number of ether oxygens (including phenoxy) is 1. The van der Waals surface area contributed by atoms with Crippen molar-refractivity contribution in [2.45, 2.75) is 38.6 Å². The third kappa shape index (κ3) is 1.84. The van der Waals surface area contributed by atoms with E-state index in [0.29, 0.717) is 18.7 Å². The van der Waals surface area contributed by atoms with Gasteiger partial charge in [-0.1, -0.05) is 0 Å². The molecule has 0 amide bonds. The molecule has 0 saturated carbocycles. The molecule has 1 aromatic heterocycles. The Bertz CT molecular complexity index is 395. The van der Waals surface area contributed by atoms with Gasteiger partial charge in [-0.05, 0) is 19.4 Å². The molecule has 90 valence electrons. The number of hydrogen-bond donors (Lipinski definition) is 0. The van der Waals surface area contributed by atoms with Crippen LogP contribution >= 0.6 is 0 Å². The second-order valence-electron chi connectivity index (χ2n) is 4.13. The first-order valence-corrected chi connectivity index (χ1v) is 5.22. The minimum atomic E-state index is -4.25. The molecule has 0 saturated heterocycles. The van der Waals surface area contributed by atoms with Gasteiger partial charge in [-0.3, -0.25) is 0 Å². The summed E-state index contributed by atoms with van der Waals surface area (Å²) in [7, 11) is 1.60. The van der Waals surface area contributed by atoms with Crippen LogP contribution < -0.4 is 0 Å². The molecule has 0 fully saturated rings. The zero-order chi connectivity index (χ0) is 11.9. The summed E-state index contributed by atoms with van der Waals surface area (Å²) >= 11 is 0. The lowest BCUT2D eigenvalue weighted by molar-refractivity contribution is -0.138. The fourth-order valence-electron chi connectivity index (χ4n) is 2.29. The van der Waals surface area contributed by atoms with Crippen LogP contribution in [0.2, 0.25) is 0 Å². The third-order valence-corrected chi connectivity index (χ3v) is 3.20. The summed E-state index contributed by atoms with van der Waals surface area (Å²) in [6, 6.07) is 1.25. The number of methoxy groups -OCH3 is 1. The van der Waals surface area contributed by atoms with Crippen LogP contribution in [0.25, 0.3) is 0 Å². The molecule has 1 unspecified atom stereocenters. The molecule has 0 bridgehead atoms. The molecular weight excluding hydrogens is 219 g/mol. The van der Waals surface area contributed by atoms with Gasteiger partial charge in [0.15, 0.2) is 0 Å². The first-order valence-electron chi connectivity index (χ1n) is 5.22. The molecule has 5 heteroatoms. The van der Waals surface area contributed by atoms with E-state index >= 15 is 0 Å². The average molecular weight is 233 g/mol. The van der Waals surface area contributed by atoms with Crippen LogP contribution in [-0.4, -0.2) is 17.8 Å². The number of hydrogen-bond acceptors (Lipinski definition) is 1. The molecule has 1 atom stereocenters. The smallest absolute Gasteiger partial charge is 0.381 e. The summed E-state index contributed by atoms with van der Waals surface area (Å²) in [6.07, 6.45) is -2.87. The van der Waals surface area contributed by atoms with Gasteiger partial charge < -0.3 is 9.30 Å². The Kier molecular flexibility index (Phi) is 2.74. The van der Waals surface area contributed by atoms with Crippen LogP contribution in [0.1, 0.15) is 23.4 Å². The second kappa shape index (κ2) is 3.80. The number of halogens is 3. The van der Waals surface area contributed by atoms with E-state index < -0.39 is 11.7 Å². The summed E-state index contributed by atoms with van der Waals surface area (Å²) in [5.74, 6) is 0. The van der Waals surface area contributed by atoms with Crippen LogP contribution in [0.4, 0.5) is 13.2 Å². The van der Waals surface area contributed by atoms with Crippen LogP contribution in [0, 0.1) is 6.92 Å². The molecule has 1 aliphatic heterocycles. The zero-order valence-corrected chi connectivity index (χ0v) is 9.27. The lowest BCUT2D eigenvalue weighted by atomic mass is 10.1. The maximum atomic E-state index is 12.7. The van der Waals surface area contributed by atoms with Gasteiger partial charge in [0.05, 0.1) is 11.7 Å². The maximum Gasteiger partial charge on any atom is 0.418 e. The molecular formula is C11H14F3NO. The first kappa shape index (κ1) is 11.5. The van der Waals surface area contributed by atoms with E-state index in [2.05, 4.69) is 0 Å². The highest BCUT2D eigenvalue weighted by Gasteiger charge is 2.36. The van der Waals surface area contributed by atoms with E-state index in [0.717, 1.165) is 12.1 Å². The maximum absolute atomic E-state index is 12.7. The highest BCUT2D eigenvalue weighted by atomic mass is 19.4. The van der Waals surface area contributed by atoms with Gasteiger partial charge in [0.25, 0.3) is 0 Å². The molecule has 1 aromatic rings. The molecule has 0 aromatic carbocycles. The predicted octanol–water partition coefficient (Wildman–Crippen LogP) is 2.78. The number of nitrogens with zero attached hydrogens (tertiary/aromatic N) is 1. The van der Waals surface area contributed by atoms with E-state index in [1.54, 1.807) is 11.7 Å². The zero-order valence-electron chi connectivity index (χ0n) is 9.27. The van der Waals surface area contributed by atoms with E-state index in [4.69, 9.17) is 4.74 Å². The average Bonchev–Trinajstić information content (AvgIpc) is 2.55. The molecule has 16 heavy (non-hydrogen) atoms. The quantitative estimate of drug-likeness (QED) is 0.727. The summed E-state index contributed by atoms with van der Waals surface area (Å²) in [5.41, 5.74) is 0.527. The van der Waals surface area contributed by atoms with Gasteiger partial charge >= 0.3 is 6.18 Å². The van der Waals surface area contributed by atoms with Crippen LogP contribution in [0.3, 0.4) is 0 Å². The second-order valence-corrected chi connectivity index (χ2v) is 4.13. The van der Waals surface area contributed by atoms with Crippen molar-refractivity contribution in [2.24, 2.45) is 0 Å². The molecule has 1 aliphatic rings. The topological polar surface area (TPSA) is 14.2 Å². The summed E-state index contributed by atoms with van der Waals surface area (Å²) in [5, 5.41) is 0. The number of alkyl halides is 3. The van der Waals surface area contributed by atoms with Gasteiger partial charge in [0, 0.05) is 31.5 Å². The van der Waals surface area contributed by atoms with Crippen molar-refractivity contribution < 1.29 is 17.9 Å². The number of aromatic nitrogens is 1. The van der Waals surface area contributed by atoms with Crippen molar-refractivity contribution in [3.05, 3.63) is 23.0 Å². The van der Waals surface area contributed by atoms with E-state index in [9.17, 15) is 13.2 Å². The van der Waals surface area contributed by atoms with Crippen molar-refractivity contribution >= 4 is 0 Å². The van der Waals surface area contributed by atoms with Crippen molar-refractivity contribution in [1.82, 2.24) is 4.57 Å². The van der Waals surface area contributed by atoms with Crippen molar-refractivity contribution in [3.63, 3.8) is 0 Å². The largest absolute Gasteiger partial charge is 0.418 e. The SMILES string of the molecule is COC1CCn2c(cc(C(F)(F)F)c2C)C1. The van der Waals surface area contributed by atoms with Crippen LogP contribution in [0.15, 0.2) is 6.07 Å². The predicted molar refractivity (Wildman–Crippen MR) is 53.3 cm³/mol. The van der Waals surface area contributed by atoms with Crippen molar-refractivity contribution in [1.29, 1.82) is 0 Å². The molecule has 0 spiro atoms. The molecule has 0 N–H and O–H groups in total. The monoisotopic (exact) mass is 233 g/mol. The Labute approximate surface area is 92.0 Å². The third-order valence-electron chi connectivity index (χ3n) is 3.20. The molecule has 2 rings (SSSR count). The van der Waals surface area contributed by atoms with E-state index in [-0.39, 0.29) is 6.10 Å². The summed E-state index contributed by atoms with van der Waals surface area (Å²) in [4.78, 5) is 0. The Morgan fingerprint density at radius 3 is 2.69 bits per heavy atom. The van der Waals surface area contributed by atoms with Gasteiger partial charge in [-0.25, -0.2) is 0 Å². The molecule has 0 aliphatic carbocycles. The normalized spacial score (nSPS) is 20.9. The Morgan fingerprint density at radius 2 is 2.12 bits per heavy atom. The standard InChI is InChI=1S/C11H14F3NO/c1-7-10(11(12,13)14)6-8-5-9(16-2)3-4-15(7)8/h6,9H,3-5H2,1-2H3. The van der Waals surface area contributed by atoms with Crippen LogP contribution in [-0.2, 0) is 23.9 Å². The summed E-state index contributed by atoms with van der Waals surface area (Å²) in [6.45, 7) is 2.13. The van der Waals surface area contributed by atoms with Gasteiger partial charge in [0.1, 0.15) is 0 Å². The lowest BCUT2D eigenvalue weighted by Gasteiger charge is -2.24. The number of fused-ring (bicyclic) bond motifs is 1. The highest BCUT2D eigenvalue weighted by Crippen LogP contribution is 2.35. The van der Waals surface area contributed by atoms with Crippen LogP contribution in [0.5, 0.6) is 0 Å². The van der Waals surface area contributed by atoms with Gasteiger partial charge in [-0.2, -0.15) is 13.2 Å². The molecule has 2 heterocycles. The molecule has 0 radical (unpaired) electrons. The van der Waals surface area contributed by atoms with E-state index in [1.165, 1.54) is 13.0 Å². The Balaban J connectivity index is 2.38. The Morgan fingerprint density at radius 1 is 1.44 bits per heavy atom. The van der Waals surface area contributed by atoms with E-state index in [1.807, 2.05) is 0 Å². The summed E-state index contributed by atoms with van der Waals surface area (Å²) < 4.78 is 44.9. The van der Waals surface area contributed by atoms with Gasteiger partial charge in [-0.15, -0.1) is 0 Å². The first-order chi connectivity index (χ1) is 7.43. The van der Waals surface area contributed by atoms with Crippen molar-refractivity contribution in [2.75, 3.05) is 7.11 Å². The lowest BCUT2D eigenvalue weighted by Crippen LogP contribution is -2.25. The number of rotatable bonds is 1. The highest BCUT2D eigenvalue weighted by molar-refractivity contribution is 5.31. The minimum absolute atomic E-state index is 0.0443. The van der Waals surface area contributed by atoms with Gasteiger partial charge in [0.2, 0.25) is 0 Å². The fourth-order valence-corrected chi connectivity index (χ4v) is 2.29. The van der Waals surface area contributed by atoms with Crippen molar-refractivity contribution in [3.8, 4) is 0 Å². The minimum Gasteiger partial charge on any atom is -0.381 e.